The van der Waals surface area contributed by atoms with Crippen LogP contribution in [0.15, 0.2) is 132 Å². The number of hydrogen-bond acceptors (Lipinski definition) is 1. The number of fused-ring (bicyclic) bond motifs is 15. The second kappa shape index (κ2) is 9.17. The van der Waals surface area contributed by atoms with E-state index in [-0.39, 0.29) is 5.41 Å². The van der Waals surface area contributed by atoms with Crippen LogP contribution in [0.5, 0.6) is 0 Å². The van der Waals surface area contributed by atoms with Crippen LogP contribution in [0.3, 0.4) is 0 Å². The van der Waals surface area contributed by atoms with Gasteiger partial charge in [0, 0.05) is 49.4 Å². The molecule has 0 saturated carbocycles. The summed E-state index contributed by atoms with van der Waals surface area (Å²) >= 11 is 0. The fourth-order valence-electron chi connectivity index (χ4n) is 9.18. The van der Waals surface area contributed by atoms with Crippen molar-refractivity contribution in [2.75, 3.05) is 0 Å². The lowest BCUT2D eigenvalue weighted by molar-refractivity contribution is 0.664. The summed E-state index contributed by atoms with van der Waals surface area (Å²) in [6.45, 7) is 4.86. The minimum Gasteiger partial charge on any atom is -0.456 e. The van der Waals surface area contributed by atoms with Crippen molar-refractivity contribution in [3.63, 3.8) is 0 Å². The number of nitrogens with zero attached hydrogens (tertiary/aromatic N) is 2. The van der Waals surface area contributed by atoms with Gasteiger partial charge in [-0.1, -0.05) is 98.8 Å². The van der Waals surface area contributed by atoms with Crippen LogP contribution in [-0.4, -0.2) is 9.13 Å². The van der Waals surface area contributed by atoms with Crippen LogP contribution in [0.2, 0.25) is 0 Å². The van der Waals surface area contributed by atoms with E-state index in [2.05, 4.69) is 150 Å². The quantitative estimate of drug-likeness (QED) is 0.189. The molecule has 3 nitrogen and oxygen atoms in total. The largest absolute Gasteiger partial charge is 0.456 e. The normalized spacial score (nSPS) is 14.8. The molecule has 0 N–H and O–H groups in total. The molecule has 3 heterocycles. The first kappa shape index (κ1) is 26.3. The lowest BCUT2D eigenvalue weighted by Gasteiger charge is -2.24. The maximum absolute atomic E-state index is 6.30. The summed E-state index contributed by atoms with van der Waals surface area (Å²) in [6, 6.07) is 44.2. The molecule has 3 heteroatoms. The fourth-order valence-corrected chi connectivity index (χ4v) is 9.18. The molecule has 0 atom stereocenters. The third-order valence-electron chi connectivity index (χ3n) is 11.1. The van der Waals surface area contributed by atoms with Crippen molar-refractivity contribution in [3.8, 4) is 22.5 Å². The predicted octanol–water partition coefficient (Wildman–Crippen LogP) is 11.9. The minimum absolute atomic E-state index is 0.187. The zero-order chi connectivity index (χ0) is 31.7. The minimum atomic E-state index is -0.187. The molecule has 0 radical (unpaired) electrons. The van der Waals surface area contributed by atoms with Crippen LogP contribution < -0.4 is 0 Å². The Morgan fingerprint density at radius 2 is 1.38 bits per heavy atom. The average molecular weight is 617 g/mol. The number of para-hydroxylation sites is 3. The lowest BCUT2D eigenvalue weighted by atomic mass is 9.80. The van der Waals surface area contributed by atoms with Gasteiger partial charge in [0.15, 0.2) is 0 Å². The Morgan fingerprint density at radius 3 is 2.27 bits per heavy atom. The van der Waals surface area contributed by atoms with Crippen LogP contribution >= 0.6 is 0 Å². The molecule has 0 amide bonds. The average Bonchev–Trinajstić information content (AvgIpc) is 3.84. The topological polar surface area (TPSA) is 23.0 Å². The Hall–Kier alpha value is -5.80. The Kier molecular flexibility index (Phi) is 5.02. The van der Waals surface area contributed by atoms with Gasteiger partial charge in [0.05, 0.1) is 16.6 Å². The lowest BCUT2D eigenvalue weighted by Crippen LogP contribution is -2.16. The SMILES string of the molecule is CC1(C)c2ccccc2-c2c1c1c(c3ccccc3n1-c1ccccc1)c1c2c2c(n1-c1ccc3oc4ccccc4c3c1)C=CCC2. The van der Waals surface area contributed by atoms with E-state index in [9.17, 15) is 0 Å². The Labute approximate surface area is 277 Å². The number of hydrogen-bond donors (Lipinski definition) is 0. The molecule has 11 rings (SSSR count). The van der Waals surface area contributed by atoms with Gasteiger partial charge in [0.2, 0.25) is 0 Å². The van der Waals surface area contributed by atoms with E-state index in [0.717, 1.165) is 40.5 Å². The van der Waals surface area contributed by atoms with Crippen LogP contribution in [-0.2, 0) is 11.8 Å². The van der Waals surface area contributed by atoms with E-state index < -0.39 is 0 Å². The van der Waals surface area contributed by atoms with Crippen LogP contribution in [0.4, 0.5) is 0 Å². The molecule has 0 fully saturated rings. The van der Waals surface area contributed by atoms with Gasteiger partial charge in [-0.15, -0.1) is 0 Å². The third-order valence-corrected chi connectivity index (χ3v) is 11.1. The van der Waals surface area contributed by atoms with Crippen molar-refractivity contribution in [1.82, 2.24) is 9.13 Å². The van der Waals surface area contributed by atoms with Gasteiger partial charge < -0.3 is 13.6 Å². The summed E-state index contributed by atoms with van der Waals surface area (Å²) in [5.41, 5.74) is 16.2. The van der Waals surface area contributed by atoms with Gasteiger partial charge in [-0.05, 0) is 89.2 Å². The molecule has 2 aliphatic rings. The zero-order valence-corrected chi connectivity index (χ0v) is 26.9. The molecule has 0 saturated heterocycles. The van der Waals surface area contributed by atoms with Crippen molar-refractivity contribution in [1.29, 1.82) is 0 Å². The van der Waals surface area contributed by atoms with Crippen molar-refractivity contribution in [2.45, 2.75) is 32.1 Å². The molecule has 0 aliphatic heterocycles. The first-order valence-electron chi connectivity index (χ1n) is 17.0. The molecule has 0 bridgehead atoms. The van der Waals surface area contributed by atoms with Gasteiger partial charge in [-0.2, -0.15) is 0 Å². The molecular weight excluding hydrogens is 585 g/mol. The summed E-state index contributed by atoms with van der Waals surface area (Å²) in [5, 5.41) is 6.31. The molecule has 0 unspecified atom stereocenters. The van der Waals surface area contributed by atoms with E-state index in [1.807, 2.05) is 6.07 Å². The molecular formula is C45H32N2O. The second-order valence-corrected chi connectivity index (χ2v) is 14.0. The highest BCUT2D eigenvalue weighted by atomic mass is 16.3. The van der Waals surface area contributed by atoms with Crippen molar-refractivity contribution in [2.24, 2.45) is 0 Å². The molecule has 0 spiro atoms. The highest BCUT2D eigenvalue weighted by molar-refractivity contribution is 6.28. The summed E-state index contributed by atoms with van der Waals surface area (Å²) in [5.74, 6) is 0. The number of furan rings is 1. The van der Waals surface area contributed by atoms with Crippen molar-refractivity contribution < 1.29 is 4.42 Å². The number of allylic oxidation sites excluding steroid dienone is 1. The van der Waals surface area contributed by atoms with Gasteiger partial charge in [-0.25, -0.2) is 0 Å². The Morgan fingerprint density at radius 1 is 0.625 bits per heavy atom. The van der Waals surface area contributed by atoms with Crippen molar-refractivity contribution in [3.05, 3.63) is 150 Å². The summed E-state index contributed by atoms with van der Waals surface area (Å²) in [6.07, 6.45) is 6.79. The number of aryl methyl sites for hydroxylation is 1. The molecule has 9 aromatic rings. The molecule has 3 aromatic heterocycles. The van der Waals surface area contributed by atoms with Gasteiger partial charge in [0.1, 0.15) is 11.2 Å². The molecule has 48 heavy (non-hydrogen) atoms. The van der Waals surface area contributed by atoms with Crippen LogP contribution in [0, 0.1) is 0 Å². The Bertz CT molecular complexity index is 2860. The van der Waals surface area contributed by atoms with Crippen LogP contribution in [0.25, 0.3) is 83.2 Å². The number of rotatable bonds is 2. The van der Waals surface area contributed by atoms with E-state index in [4.69, 9.17) is 4.42 Å². The monoisotopic (exact) mass is 616 g/mol. The molecule has 2 aliphatic carbocycles. The fraction of sp³-hybridized carbons (Fsp3) is 0.111. The first-order chi connectivity index (χ1) is 23.6. The summed E-state index contributed by atoms with van der Waals surface area (Å²) in [4.78, 5) is 0. The standard InChI is InChI=1S/C45H32N2O/c1-45(2)34-20-10-6-17-30(34)39-40-31-18-7-11-21-35(31)47(28-24-25-38-33(26-28)29-16-9-13-23-37(29)48-38)43(40)41-32-19-8-12-22-36(32)46(44(41)42(39)45)27-14-4-3-5-15-27/h3-6,8-17,19-26H,7,18H2,1-2H3. The highest BCUT2D eigenvalue weighted by Crippen LogP contribution is 2.58. The van der Waals surface area contributed by atoms with Gasteiger partial charge in [-0.3, -0.25) is 0 Å². The third kappa shape index (κ3) is 3.19. The number of benzene rings is 6. The van der Waals surface area contributed by atoms with E-state index in [1.165, 1.54) is 71.9 Å². The zero-order valence-electron chi connectivity index (χ0n) is 26.9. The van der Waals surface area contributed by atoms with Crippen LogP contribution in [0.1, 0.15) is 42.7 Å². The first-order valence-corrected chi connectivity index (χ1v) is 17.0. The Balaban J connectivity index is 1.42. The summed E-state index contributed by atoms with van der Waals surface area (Å²) in [7, 11) is 0. The summed E-state index contributed by atoms with van der Waals surface area (Å²) < 4.78 is 11.4. The second-order valence-electron chi connectivity index (χ2n) is 14.0. The molecule has 228 valence electrons. The molecule has 6 aromatic carbocycles. The highest BCUT2D eigenvalue weighted by Gasteiger charge is 2.42. The maximum Gasteiger partial charge on any atom is 0.135 e. The van der Waals surface area contributed by atoms with E-state index >= 15 is 0 Å². The smallest absolute Gasteiger partial charge is 0.135 e. The maximum atomic E-state index is 6.30. The predicted molar refractivity (Wildman–Crippen MR) is 200 cm³/mol. The van der Waals surface area contributed by atoms with Crippen molar-refractivity contribution >= 4 is 60.7 Å². The number of aromatic nitrogens is 2. The van der Waals surface area contributed by atoms with Gasteiger partial charge >= 0.3 is 0 Å². The van der Waals surface area contributed by atoms with E-state index in [0.29, 0.717) is 0 Å². The van der Waals surface area contributed by atoms with Gasteiger partial charge in [0.25, 0.3) is 0 Å². The van der Waals surface area contributed by atoms with E-state index in [1.54, 1.807) is 0 Å².